The van der Waals surface area contributed by atoms with E-state index < -0.39 is 16.8 Å². The van der Waals surface area contributed by atoms with Gasteiger partial charge in [0.25, 0.3) is 0 Å². The number of rotatable bonds is 12. The molecule has 0 aliphatic rings. The Morgan fingerprint density at radius 2 is 1.59 bits per heavy atom. The Labute approximate surface area is 201 Å². The van der Waals surface area contributed by atoms with Crippen molar-refractivity contribution in [3.63, 3.8) is 0 Å². The van der Waals surface area contributed by atoms with Gasteiger partial charge in [0.2, 0.25) is 5.91 Å². The van der Waals surface area contributed by atoms with Gasteiger partial charge in [-0.1, -0.05) is 6.07 Å². The molecule has 0 saturated heterocycles. The summed E-state index contributed by atoms with van der Waals surface area (Å²) in [7, 11) is 4.72. The summed E-state index contributed by atoms with van der Waals surface area (Å²) in [4.78, 5) is 23.0. The first-order chi connectivity index (χ1) is 16.3. The third-order valence-electron chi connectivity index (χ3n) is 4.62. The molecule has 0 aliphatic carbocycles. The van der Waals surface area contributed by atoms with Crippen LogP contribution >= 0.6 is 0 Å². The summed E-state index contributed by atoms with van der Waals surface area (Å²) in [5.41, 5.74) is 1.80. The molecule has 0 saturated carbocycles. The highest BCUT2D eigenvalue weighted by Crippen LogP contribution is 2.35. The molecular weight excluding hydrogens is 462 g/mol. The first kappa shape index (κ1) is 26.7. The Balaban J connectivity index is 2.14. The summed E-state index contributed by atoms with van der Waals surface area (Å²) in [6, 6.07) is 8.58. The summed E-state index contributed by atoms with van der Waals surface area (Å²) in [6.45, 7) is 1.26. The molecule has 0 bridgehead atoms. The molecule has 1 atom stereocenters. The van der Waals surface area contributed by atoms with Crippen LogP contribution in [-0.2, 0) is 30.9 Å². The molecule has 0 aromatic heterocycles. The highest BCUT2D eigenvalue weighted by Gasteiger charge is 2.13. The number of carbonyl (C=O) groups is 2. The lowest BCUT2D eigenvalue weighted by Gasteiger charge is -2.13. The van der Waals surface area contributed by atoms with Crippen LogP contribution in [0.1, 0.15) is 24.5 Å². The van der Waals surface area contributed by atoms with Crippen LogP contribution in [0.5, 0.6) is 23.0 Å². The number of carbonyl (C=O) groups excluding carboxylic acids is 2. The molecular formula is C24H29NO8S. The van der Waals surface area contributed by atoms with E-state index in [0.717, 1.165) is 5.56 Å². The summed E-state index contributed by atoms with van der Waals surface area (Å²) in [5, 5.41) is 4.28. The third-order valence-corrected chi connectivity index (χ3v) is 5.68. The van der Waals surface area contributed by atoms with Gasteiger partial charge in [-0.3, -0.25) is 13.8 Å². The molecule has 0 spiro atoms. The Hall–Kier alpha value is -3.53. The highest BCUT2D eigenvalue weighted by atomic mass is 32.2. The molecule has 10 heteroatoms. The van der Waals surface area contributed by atoms with E-state index in [1.165, 1.54) is 28.3 Å². The lowest BCUT2D eigenvalue weighted by atomic mass is 10.1. The van der Waals surface area contributed by atoms with Gasteiger partial charge in [0.1, 0.15) is 29.6 Å². The SMILES string of the molecule is COc1cc(OC)c(C=CS(=O)Cc2ccc(OC)c(NC(=O)CCOC(C)=O)c2)c(OC)c1. The molecule has 34 heavy (non-hydrogen) atoms. The van der Waals surface area contributed by atoms with Gasteiger partial charge in [-0.15, -0.1) is 0 Å². The average molecular weight is 492 g/mol. The van der Waals surface area contributed by atoms with Crippen molar-refractivity contribution in [1.82, 2.24) is 0 Å². The minimum Gasteiger partial charge on any atom is -0.496 e. The molecule has 2 aromatic rings. The van der Waals surface area contributed by atoms with E-state index in [1.54, 1.807) is 48.9 Å². The van der Waals surface area contributed by atoms with Gasteiger partial charge < -0.3 is 29.0 Å². The largest absolute Gasteiger partial charge is 0.496 e. The molecule has 9 nitrogen and oxygen atoms in total. The number of hydrogen-bond donors (Lipinski definition) is 1. The lowest BCUT2D eigenvalue weighted by molar-refractivity contribution is -0.141. The van der Waals surface area contributed by atoms with Crippen LogP contribution in [0, 0.1) is 0 Å². The maximum absolute atomic E-state index is 12.8. The van der Waals surface area contributed by atoms with Crippen molar-refractivity contribution in [1.29, 1.82) is 0 Å². The molecule has 0 heterocycles. The molecule has 0 radical (unpaired) electrons. The Morgan fingerprint density at radius 3 is 2.15 bits per heavy atom. The fraction of sp³-hybridized carbons (Fsp3) is 0.333. The average Bonchev–Trinajstić information content (AvgIpc) is 2.82. The maximum atomic E-state index is 12.8. The normalized spacial score (nSPS) is 11.6. The van der Waals surface area contributed by atoms with Crippen LogP contribution in [0.15, 0.2) is 35.7 Å². The number of anilines is 1. The van der Waals surface area contributed by atoms with Crippen LogP contribution < -0.4 is 24.3 Å². The second-order valence-corrected chi connectivity index (χ2v) is 8.27. The van der Waals surface area contributed by atoms with E-state index in [4.69, 9.17) is 23.7 Å². The molecule has 2 rings (SSSR count). The number of esters is 1. The number of ether oxygens (including phenoxy) is 5. The van der Waals surface area contributed by atoms with Crippen molar-refractivity contribution in [3.8, 4) is 23.0 Å². The fourth-order valence-corrected chi connectivity index (χ4v) is 3.89. The van der Waals surface area contributed by atoms with Gasteiger partial charge in [0, 0.05) is 24.5 Å². The number of benzene rings is 2. The maximum Gasteiger partial charge on any atom is 0.302 e. The van der Waals surface area contributed by atoms with Gasteiger partial charge in [-0.25, -0.2) is 0 Å². The Kier molecular flexibility index (Phi) is 10.4. The number of hydrogen-bond acceptors (Lipinski definition) is 8. The lowest BCUT2D eigenvalue weighted by Crippen LogP contribution is -2.16. The topological polar surface area (TPSA) is 109 Å². The molecule has 2 aromatic carbocycles. The number of amides is 1. The Bertz CT molecular complexity index is 1040. The molecule has 1 N–H and O–H groups in total. The zero-order chi connectivity index (χ0) is 25.1. The molecule has 0 fully saturated rings. The minimum absolute atomic E-state index is 0.00710. The summed E-state index contributed by atoms with van der Waals surface area (Å²) in [6.07, 6.45) is 1.68. The van der Waals surface area contributed by atoms with E-state index in [2.05, 4.69) is 5.32 Å². The van der Waals surface area contributed by atoms with E-state index >= 15 is 0 Å². The van der Waals surface area contributed by atoms with Crippen molar-refractivity contribution in [2.24, 2.45) is 0 Å². The van der Waals surface area contributed by atoms with Crippen LogP contribution in [0.4, 0.5) is 5.69 Å². The molecule has 1 amide bonds. The smallest absolute Gasteiger partial charge is 0.302 e. The second kappa shape index (κ2) is 13.2. The van der Waals surface area contributed by atoms with Crippen molar-refractivity contribution < 1.29 is 37.5 Å². The minimum atomic E-state index is -1.37. The van der Waals surface area contributed by atoms with Crippen molar-refractivity contribution in [2.75, 3.05) is 40.4 Å². The summed E-state index contributed by atoms with van der Waals surface area (Å²) in [5.74, 6) is 1.49. The predicted octanol–water partition coefficient (Wildman–Crippen LogP) is 3.53. The quantitative estimate of drug-likeness (QED) is 0.449. The standard InChI is InChI=1S/C24H29NO8S/c1-16(26)33-10-8-24(27)25-20-12-17(6-7-21(20)30-3)15-34(28)11-9-19-22(31-4)13-18(29-2)14-23(19)32-5/h6-7,9,11-14H,8,10,15H2,1-5H3,(H,25,27). The highest BCUT2D eigenvalue weighted by molar-refractivity contribution is 7.87. The zero-order valence-corrected chi connectivity index (χ0v) is 20.7. The molecule has 0 aliphatic heterocycles. The van der Waals surface area contributed by atoms with E-state index in [9.17, 15) is 13.8 Å². The third kappa shape index (κ3) is 7.80. The van der Waals surface area contributed by atoms with Gasteiger partial charge in [0.15, 0.2) is 0 Å². The van der Waals surface area contributed by atoms with Gasteiger partial charge in [-0.05, 0) is 23.8 Å². The van der Waals surface area contributed by atoms with Crippen LogP contribution in [0.2, 0.25) is 0 Å². The van der Waals surface area contributed by atoms with Gasteiger partial charge in [-0.2, -0.15) is 0 Å². The van der Waals surface area contributed by atoms with Crippen LogP contribution in [0.3, 0.4) is 0 Å². The number of methoxy groups -OCH3 is 4. The van der Waals surface area contributed by atoms with E-state index in [0.29, 0.717) is 34.2 Å². The van der Waals surface area contributed by atoms with Crippen LogP contribution in [-0.4, -0.2) is 51.1 Å². The van der Waals surface area contributed by atoms with Gasteiger partial charge in [0.05, 0.1) is 62.7 Å². The predicted molar refractivity (Wildman–Crippen MR) is 130 cm³/mol. The van der Waals surface area contributed by atoms with Crippen molar-refractivity contribution in [3.05, 3.63) is 46.9 Å². The fourth-order valence-electron chi connectivity index (χ4n) is 3.00. The molecule has 184 valence electrons. The Morgan fingerprint density at radius 1 is 0.941 bits per heavy atom. The van der Waals surface area contributed by atoms with E-state index in [1.807, 2.05) is 0 Å². The summed E-state index contributed by atoms with van der Waals surface area (Å²) < 4.78 is 38.9. The van der Waals surface area contributed by atoms with Crippen molar-refractivity contribution >= 4 is 34.4 Å². The van der Waals surface area contributed by atoms with Crippen molar-refractivity contribution in [2.45, 2.75) is 19.1 Å². The van der Waals surface area contributed by atoms with E-state index in [-0.39, 0.29) is 24.7 Å². The van der Waals surface area contributed by atoms with Gasteiger partial charge >= 0.3 is 5.97 Å². The first-order valence-electron chi connectivity index (χ1n) is 10.3. The number of nitrogens with one attached hydrogen (secondary N) is 1. The monoisotopic (exact) mass is 491 g/mol. The van der Waals surface area contributed by atoms with Crippen LogP contribution in [0.25, 0.3) is 6.08 Å². The first-order valence-corrected chi connectivity index (χ1v) is 11.6. The second-order valence-electron chi connectivity index (χ2n) is 6.95. The zero-order valence-electron chi connectivity index (χ0n) is 19.8. The molecule has 1 unspecified atom stereocenters. The summed E-state index contributed by atoms with van der Waals surface area (Å²) >= 11 is 0.